The number of aliphatic hydroxyl groups excluding tert-OH is 1. The number of nitrogens with zero attached hydrogens (tertiary/aromatic N) is 2. The van der Waals surface area contributed by atoms with Crippen LogP contribution in [0.25, 0.3) is 10.8 Å². The molecule has 1 spiro atoms. The van der Waals surface area contributed by atoms with Gasteiger partial charge in [-0.15, -0.1) is 11.8 Å². The Kier molecular flexibility index (Phi) is 6.78. The predicted octanol–water partition coefficient (Wildman–Crippen LogP) is 3.71. The molecule has 5 atom stereocenters. The fraction of sp³-hybridized carbons (Fsp3) is 0.433. The van der Waals surface area contributed by atoms with Gasteiger partial charge >= 0.3 is 5.97 Å². The summed E-state index contributed by atoms with van der Waals surface area (Å²) in [6.07, 6.45) is 11.1. The van der Waals surface area contributed by atoms with E-state index in [4.69, 9.17) is 4.74 Å². The Morgan fingerprint density at radius 2 is 1.87 bits per heavy atom. The van der Waals surface area contributed by atoms with Gasteiger partial charge in [-0.25, -0.2) is 0 Å². The molecule has 0 aromatic heterocycles. The van der Waals surface area contributed by atoms with Crippen LogP contribution >= 0.6 is 11.8 Å². The van der Waals surface area contributed by atoms with E-state index in [1.54, 1.807) is 21.6 Å². The van der Waals surface area contributed by atoms with E-state index in [9.17, 15) is 19.5 Å². The molecule has 1 N–H and O–H groups in total. The summed E-state index contributed by atoms with van der Waals surface area (Å²) in [5.41, 5.74) is 0.773. The summed E-state index contributed by atoms with van der Waals surface area (Å²) in [6.45, 7) is 0.889. The van der Waals surface area contributed by atoms with Gasteiger partial charge in [0, 0.05) is 30.6 Å². The molecule has 0 saturated carbocycles. The first-order valence-corrected chi connectivity index (χ1v) is 14.3. The van der Waals surface area contributed by atoms with Crippen LogP contribution in [0.2, 0.25) is 0 Å². The summed E-state index contributed by atoms with van der Waals surface area (Å²) in [6, 6.07) is 13.2. The molecule has 0 aliphatic carbocycles. The van der Waals surface area contributed by atoms with Crippen LogP contribution < -0.4 is 4.90 Å². The van der Waals surface area contributed by atoms with Crippen LogP contribution in [0.4, 0.5) is 5.69 Å². The van der Waals surface area contributed by atoms with Crippen molar-refractivity contribution in [3.8, 4) is 0 Å². The molecule has 2 aromatic rings. The molecule has 1 unspecified atom stereocenters. The molecule has 4 aliphatic rings. The largest absolute Gasteiger partial charge is 0.465 e. The Balaban J connectivity index is 1.43. The number of anilines is 1. The summed E-state index contributed by atoms with van der Waals surface area (Å²) in [5.74, 6) is -2.08. The minimum absolute atomic E-state index is 0.0867. The number of benzene rings is 2. The third-order valence-electron chi connectivity index (χ3n) is 8.20. The molecule has 0 bridgehead atoms. The second-order valence-corrected chi connectivity index (χ2v) is 11.9. The van der Waals surface area contributed by atoms with Crippen LogP contribution in [-0.2, 0) is 19.1 Å². The summed E-state index contributed by atoms with van der Waals surface area (Å²) < 4.78 is 4.77. The maximum absolute atomic E-state index is 14.4. The first kappa shape index (κ1) is 25.2. The van der Waals surface area contributed by atoms with Crippen LogP contribution in [0, 0.1) is 11.8 Å². The highest BCUT2D eigenvalue weighted by Crippen LogP contribution is 2.60. The molecule has 0 radical (unpaired) electrons. The molecule has 2 aromatic carbocycles. The lowest BCUT2D eigenvalue weighted by molar-refractivity contribution is -0.153. The second kappa shape index (κ2) is 10.2. The van der Waals surface area contributed by atoms with E-state index in [0.29, 0.717) is 19.6 Å². The van der Waals surface area contributed by atoms with Crippen LogP contribution in [0.1, 0.15) is 25.7 Å². The van der Waals surface area contributed by atoms with Crippen LogP contribution in [0.5, 0.6) is 0 Å². The average molecular weight is 533 g/mol. The Labute approximate surface area is 226 Å². The number of thioether (sulfide) groups is 1. The molecule has 2 amide bonds. The van der Waals surface area contributed by atoms with E-state index >= 15 is 0 Å². The Morgan fingerprint density at radius 3 is 2.71 bits per heavy atom. The van der Waals surface area contributed by atoms with Crippen molar-refractivity contribution in [1.29, 1.82) is 0 Å². The summed E-state index contributed by atoms with van der Waals surface area (Å²) in [7, 11) is 0. The first-order valence-electron chi connectivity index (χ1n) is 13.5. The van der Waals surface area contributed by atoms with Crippen molar-refractivity contribution in [2.75, 3.05) is 31.2 Å². The van der Waals surface area contributed by atoms with E-state index < -0.39 is 22.6 Å². The number of likely N-dealkylation sites (tertiary alicyclic amines) is 1. The zero-order chi connectivity index (χ0) is 26.3. The van der Waals surface area contributed by atoms with Crippen molar-refractivity contribution >= 4 is 46.0 Å². The summed E-state index contributed by atoms with van der Waals surface area (Å²) in [5, 5.41) is 11.5. The number of rotatable bonds is 4. The van der Waals surface area contributed by atoms with Crippen LogP contribution in [0.3, 0.4) is 0 Å². The number of ether oxygens (including phenoxy) is 1. The number of fused-ring (bicyclic) bond motifs is 3. The van der Waals surface area contributed by atoms with Crippen molar-refractivity contribution < 1.29 is 24.2 Å². The quantitative estimate of drug-likeness (QED) is 0.477. The van der Waals surface area contributed by atoms with Gasteiger partial charge in [-0.05, 0) is 48.6 Å². The molecule has 6 rings (SSSR count). The third kappa shape index (κ3) is 4.05. The van der Waals surface area contributed by atoms with Gasteiger partial charge in [-0.1, -0.05) is 54.6 Å². The van der Waals surface area contributed by atoms with Crippen LogP contribution in [0.15, 0.2) is 66.8 Å². The summed E-state index contributed by atoms with van der Waals surface area (Å²) >= 11 is 1.55. The number of carbonyl (C=O) groups is 3. The fourth-order valence-electron chi connectivity index (χ4n) is 6.47. The smallest absolute Gasteiger partial charge is 0.311 e. The van der Waals surface area contributed by atoms with Gasteiger partial charge in [-0.2, -0.15) is 0 Å². The second-order valence-electron chi connectivity index (χ2n) is 10.4. The molecule has 4 aliphatic heterocycles. The fourth-order valence-corrected chi connectivity index (χ4v) is 8.48. The maximum Gasteiger partial charge on any atom is 0.311 e. The summed E-state index contributed by atoms with van der Waals surface area (Å²) in [4.78, 5) is 45.2. The van der Waals surface area contributed by atoms with Crippen LogP contribution in [-0.4, -0.2) is 70.1 Å². The van der Waals surface area contributed by atoms with E-state index in [1.165, 1.54) is 0 Å². The van der Waals surface area contributed by atoms with Crippen molar-refractivity contribution in [3.05, 3.63) is 66.8 Å². The Bertz CT molecular complexity index is 1320. The molecule has 2 fully saturated rings. The molecular formula is C30H32N2O5S. The van der Waals surface area contributed by atoms with E-state index in [2.05, 4.69) is 6.08 Å². The molecule has 8 heteroatoms. The lowest BCUT2D eigenvalue weighted by Crippen LogP contribution is -2.53. The third-order valence-corrected chi connectivity index (χ3v) is 9.95. The minimum atomic E-state index is -0.887. The van der Waals surface area contributed by atoms with Gasteiger partial charge in [0.05, 0.1) is 23.2 Å². The maximum atomic E-state index is 14.4. The number of hydrogen-bond acceptors (Lipinski definition) is 6. The number of allylic oxidation sites excluding steroid dienone is 1. The standard InChI is InChI=1S/C30H32N2O5S/c33-17-8-16-32-26-28(35)31(22-13-12-20-9-4-5-10-21(20)19-22)15-7-14-30(26)25(27(32)34)24-23(38-30)11-3-1-2-6-18-37-29(24)36/h3-5,7,9-14,19,23-26,33H,1-2,6,8,15-18H2/b11-3-/t23-,24+,25+,26?,30+/m1/s1. The SMILES string of the molecule is O=C1OCCCC/C=C\[C@H]2S[C@]34C=CCN(c5ccc6ccccc6c5)C(=O)C3N(CCCO)C(=O)[C@@H]4[C@@H]12. The van der Waals surface area contributed by atoms with E-state index in [1.807, 2.05) is 60.7 Å². The number of cyclic esters (lactones) is 1. The van der Waals surface area contributed by atoms with Crippen molar-refractivity contribution in [2.24, 2.45) is 11.8 Å². The van der Waals surface area contributed by atoms with Crippen molar-refractivity contribution in [2.45, 2.75) is 41.7 Å². The molecule has 38 heavy (non-hydrogen) atoms. The molecule has 2 saturated heterocycles. The predicted molar refractivity (Wildman–Crippen MR) is 148 cm³/mol. The van der Waals surface area contributed by atoms with Crippen molar-refractivity contribution in [3.63, 3.8) is 0 Å². The zero-order valence-corrected chi connectivity index (χ0v) is 22.0. The van der Waals surface area contributed by atoms with E-state index in [0.717, 1.165) is 35.7 Å². The normalized spacial score (nSPS) is 32.0. The Morgan fingerprint density at radius 1 is 1.03 bits per heavy atom. The van der Waals surface area contributed by atoms with Gasteiger partial charge in [0.25, 0.3) is 5.91 Å². The number of amides is 2. The zero-order valence-electron chi connectivity index (χ0n) is 21.2. The van der Waals surface area contributed by atoms with Gasteiger partial charge in [0.15, 0.2) is 0 Å². The van der Waals surface area contributed by atoms with Gasteiger partial charge in [-0.3, -0.25) is 14.4 Å². The number of carbonyl (C=O) groups excluding carboxylic acids is 3. The highest BCUT2D eigenvalue weighted by Gasteiger charge is 2.70. The molecular weight excluding hydrogens is 500 g/mol. The Hall–Kier alpha value is -3.10. The van der Waals surface area contributed by atoms with Gasteiger partial charge in [0.1, 0.15) is 6.04 Å². The topological polar surface area (TPSA) is 87.2 Å². The molecule has 4 heterocycles. The highest BCUT2D eigenvalue weighted by molar-refractivity contribution is 8.02. The molecule has 7 nitrogen and oxygen atoms in total. The van der Waals surface area contributed by atoms with E-state index in [-0.39, 0.29) is 36.2 Å². The number of esters is 1. The number of aliphatic hydroxyl groups is 1. The molecule has 198 valence electrons. The minimum Gasteiger partial charge on any atom is -0.465 e. The lowest BCUT2D eigenvalue weighted by atomic mass is 9.78. The number of hydrogen-bond donors (Lipinski definition) is 1. The average Bonchev–Trinajstić information content (AvgIpc) is 3.31. The monoisotopic (exact) mass is 532 g/mol. The lowest BCUT2D eigenvalue weighted by Gasteiger charge is -2.35. The van der Waals surface area contributed by atoms with Gasteiger partial charge < -0.3 is 19.6 Å². The highest BCUT2D eigenvalue weighted by atomic mass is 32.2. The van der Waals surface area contributed by atoms with Gasteiger partial charge in [0.2, 0.25) is 5.91 Å². The van der Waals surface area contributed by atoms with Crippen molar-refractivity contribution in [1.82, 2.24) is 4.90 Å². The first-order chi connectivity index (χ1) is 18.5.